The summed E-state index contributed by atoms with van der Waals surface area (Å²) in [6.45, 7) is 7.38. The Labute approximate surface area is 105 Å². The van der Waals surface area contributed by atoms with E-state index in [-0.39, 0.29) is 0 Å². The first-order valence-electron chi connectivity index (χ1n) is 6.79. The summed E-state index contributed by atoms with van der Waals surface area (Å²) in [6, 6.07) is 0. The summed E-state index contributed by atoms with van der Waals surface area (Å²) in [4.78, 5) is 2.49. The smallest absolute Gasteiger partial charge is 0.0173 e. The average molecular weight is 239 g/mol. The van der Waals surface area contributed by atoms with E-state index in [2.05, 4.69) is 42.8 Å². The summed E-state index contributed by atoms with van der Waals surface area (Å²) in [7, 11) is 0. The SMILES string of the molecule is CC1CC(C)C(/C=C\N2CCCC2)CCS1. The molecule has 3 atom stereocenters. The summed E-state index contributed by atoms with van der Waals surface area (Å²) in [6.07, 6.45) is 10.4. The second-order valence-electron chi connectivity index (χ2n) is 5.43. The minimum Gasteiger partial charge on any atom is -0.378 e. The molecular weight excluding hydrogens is 214 g/mol. The van der Waals surface area contributed by atoms with Gasteiger partial charge in [-0.2, -0.15) is 11.8 Å². The Morgan fingerprint density at radius 2 is 1.94 bits per heavy atom. The van der Waals surface area contributed by atoms with Crippen molar-refractivity contribution >= 4 is 11.8 Å². The quantitative estimate of drug-likeness (QED) is 0.722. The maximum atomic E-state index is 2.49. The zero-order chi connectivity index (χ0) is 11.4. The van der Waals surface area contributed by atoms with Gasteiger partial charge in [-0.15, -0.1) is 0 Å². The predicted octanol–water partition coefficient (Wildman–Crippen LogP) is 3.76. The molecule has 16 heavy (non-hydrogen) atoms. The van der Waals surface area contributed by atoms with Crippen LogP contribution in [0.4, 0.5) is 0 Å². The monoisotopic (exact) mass is 239 g/mol. The van der Waals surface area contributed by atoms with Gasteiger partial charge in [0.1, 0.15) is 0 Å². The highest BCUT2D eigenvalue weighted by molar-refractivity contribution is 7.99. The van der Waals surface area contributed by atoms with E-state index in [0.29, 0.717) is 0 Å². The van der Waals surface area contributed by atoms with Gasteiger partial charge in [-0.05, 0) is 49.5 Å². The van der Waals surface area contributed by atoms with E-state index in [9.17, 15) is 0 Å². The molecule has 0 saturated carbocycles. The van der Waals surface area contributed by atoms with Crippen LogP contribution in [0.25, 0.3) is 0 Å². The van der Waals surface area contributed by atoms with E-state index in [1.165, 1.54) is 44.5 Å². The van der Waals surface area contributed by atoms with Crippen molar-refractivity contribution in [2.24, 2.45) is 11.8 Å². The molecule has 0 amide bonds. The number of nitrogens with zero attached hydrogens (tertiary/aromatic N) is 1. The molecule has 2 aliphatic heterocycles. The highest BCUT2D eigenvalue weighted by atomic mass is 32.2. The van der Waals surface area contributed by atoms with Crippen molar-refractivity contribution in [2.45, 2.75) is 44.8 Å². The van der Waals surface area contributed by atoms with Crippen LogP contribution in [0.15, 0.2) is 12.3 Å². The lowest BCUT2D eigenvalue weighted by molar-refractivity contribution is 0.391. The van der Waals surface area contributed by atoms with Gasteiger partial charge in [0.15, 0.2) is 0 Å². The Hall–Kier alpha value is -0.110. The summed E-state index contributed by atoms with van der Waals surface area (Å²) >= 11 is 2.16. The molecule has 2 saturated heterocycles. The molecule has 2 fully saturated rings. The van der Waals surface area contributed by atoms with Crippen molar-refractivity contribution in [3.05, 3.63) is 12.3 Å². The second-order valence-corrected chi connectivity index (χ2v) is 6.98. The topological polar surface area (TPSA) is 3.24 Å². The lowest BCUT2D eigenvalue weighted by Crippen LogP contribution is -2.14. The Kier molecular flexibility index (Phi) is 4.63. The highest BCUT2D eigenvalue weighted by Gasteiger charge is 2.21. The van der Waals surface area contributed by atoms with Gasteiger partial charge in [0.25, 0.3) is 0 Å². The zero-order valence-electron chi connectivity index (χ0n) is 10.7. The summed E-state index contributed by atoms with van der Waals surface area (Å²) < 4.78 is 0. The third kappa shape index (κ3) is 3.44. The summed E-state index contributed by atoms with van der Waals surface area (Å²) in [5.41, 5.74) is 0. The Balaban J connectivity index is 1.86. The molecule has 2 heterocycles. The Morgan fingerprint density at radius 1 is 1.19 bits per heavy atom. The third-order valence-electron chi connectivity index (χ3n) is 3.97. The van der Waals surface area contributed by atoms with E-state index < -0.39 is 0 Å². The first kappa shape index (κ1) is 12.3. The molecule has 92 valence electrons. The molecule has 0 N–H and O–H groups in total. The summed E-state index contributed by atoms with van der Waals surface area (Å²) in [5.74, 6) is 3.03. The number of allylic oxidation sites excluding steroid dienone is 1. The number of thioether (sulfide) groups is 1. The van der Waals surface area contributed by atoms with Gasteiger partial charge in [0.05, 0.1) is 0 Å². The minimum atomic E-state index is 0.818. The van der Waals surface area contributed by atoms with Gasteiger partial charge >= 0.3 is 0 Å². The van der Waals surface area contributed by atoms with Crippen LogP contribution in [0.2, 0.25) is 0 Å². The van der Waals surface area contributed by atoms with Gasteiger partial charge in [0.2, 0.25) is 0 Å². The molecule has 0 spiro atoms. The molecule has 0 aromatic rings. The molecule has 0 aromatic carbocycles. The van der Waals surface area contributed by atoms with Crippen molar-refractivity contribution in [3.63, 3.8) is 0 Å². The van der Waals surface area contributed by atoms with Gasteiger partial charge in [-0.25, -0.2) is 0 Å². The standard InChI is InChI=1S/C14H25NS/c1-12-11-13(2)16-10-6-14(12)5-9-15-7-3-4-8-15/h5,9,12-14H,3-4,6-8,10-11H2,1-2H3/b9-5-. The van der Waals surface area contributed by atoms with Gasteiger partial charge in [-0.3, -0.25) is 0 Å². The van der Waals surface area contributed by atoms with E-state index in [1.54, 1.807) is 0 Å². The molecule has 0 aromatic heterocycles. The molecule has 2 aliphatic rings. The number of hydrogen-bond acceptors (Lipinski definition) is 2. The summed E-state index contributed by atoms with van der Waals surface area (Å²) in [5, 5.41) is 0.861. The fourth-order valence-corrected chi connectivity index (χ4v) is 4.12. The molecule has 1 nitrogen and oxygen atoms in total. The fourth-order valence-electron chi connectivity index (χ4n) is 2.87. The first-order chi connectivity index (χ1) is 7.75. The fraction of sp³-hybridized carbons (Fsp3) is 0.857. The maximum Gasteiger partial charge on any atom is 0.0173 e. The van der Waals surface area contributed by atoms with E-state index >= 15 is 0 Å². The highest BCUT2D eigenvalue weighted by Crippen LogP contribution is 2.32. The number of hydrogen-bond donors (Lipinski definition) is 0. The van der Waals surface area contributed by atoms with Crippen molar-refractivity contribution in [1.82, 2.24) is 4.90 Å². The average Bonchev–Trinajstić information content (AvgIpc) is 2.70. The Bertz CT molecular complexity index is 233. The van der Waals surface area contributed by atoms with Gasteiger partial charge in [0, 0.05) is 18.3 Å². The van der Waals surface area contributed by atoms with Crippen LogP contribution < -0.4 is 0 Å². The van der Waals surface area contributed by atoms with Crippen LogP contribution in [-0.4, -0.2) is 29.0 Å². The lowest BCUT2D eigenvalue weighted by atomic mass is 9.88. The van der Waals surface area contributed by atoms with E-state index in [4.69, 9.17) is 0 Å². The van der Waals surface area contributed by atoms with Crippen molar-refractivity contribution in [1.29, 1.82) is 0 Å². The normalized spacial score (nSPS) is 36.9. The van der Waals surface area contributed by atoms with Crippen LogP contribution in [0.3, 0.4) is 0 Å². The minimum absolute atomic E-state index is 0.818. The second kappa shape index (κ2) is 6.00. The largest absolute Gasteiger partial charge is 0.378 e. The Morgan fingerprint density at radius 3 is 2.69 bits per heavy atom. The number of rotatable bonds is 2. The molecule has 0 radical (unpaired) electrons. The zero-order valence-corrected chi connectivity index (χ0v) is 11.5. The van der Waals surface area contributed by atoms with Crippen molar-refractivity contribution in [3.8, 4) is 0 Å². The molecule has 0 aliphatic carbocycles. The van der Waals surface area contributed by atoms with Crippen LogP contribution in [-0.2, 0) is 0 Å². The molecule has 0 bridgehead atoms. The van der Waals surface area contributed by atoms with Crippen LogP contribution in [0.5, 0.6) is 0 Å². The molecule has 2 rings (SSSR count). The maximum absolute atomic E-state index is 2.49. The predicted molar refractivity (Wildman–Crippen MR) is 73.8 cm³/mol. The van der Waals surface area contributed by atoms with Gasteiger partial charge < -0.3 is 4.90 Å². The van der Waals surface area contributed by atoms with E-state index in [1.807, 2.05) is 0 Å². The lowest BCUT2D eigenvalue weighted by Gasteiger charge is -2.20. The van der Waals surface area contributed by atoms with Crippen molar-refractivity contribution < 1.29 is 0 Å². The van der Waals surface area contributed by atoms with Crippen LogP contribution >= 0.6 is 11.8 Å². The van der Waals surface area contributed by atoms with Crippen LogP contribution in [0, 0.1) is 11.8 Å². The molecule has 2 heteroatoms. The van der Waals surface area contributed by atoms with Crippen molar-refractivity contribution in [2.75, 3.05) is 18.8 Å². The third-order valence-corrected chi connectivity index (χ3v) is 5.21. The molecule has 3 unspecified atom stereocenters. The first-order valence-corrected chi connectivity index (χ1v) is 7.84. The van der Waals surface area contributed by atoms with E-state index in [0.717, 1.165) is 17.1 Å². The van der Waals surface area contributed by atoms with Gasteiger partial charge in [-0.1, -0.05) is 19.9 Å². The number of likely N-dealkylation sites (tertiary alicyclic amines) is 1. The molecular formula is C14H25NS. The van der Waals surface area contributed by atoms with Crippen LogP contribution in [0.1, 0.15) is 39.5 Å².